The van der Waals surface area contributed by atoms with Crippen LogP contribution in [0.4, 0.5) is 0 Å². The Balaban J connectivity index is 2.18. The van der Waals surface area contributed by atoms with Gasteiger partial charge in [-0.3, -0.25) is 4.79 Å². The van der Waals surface area contributed by atoms with Crippen molar-refractivity contribution in [3.8, 4) is 0 Å². The molecule has 1 heterocycles. The maximum atomic E-state index is 12.7. The van der Waals surface area contributed by atoms with Gasteiger partial charge in [-0.25, -0.2) is 0 Å². The summed E-state index contributed by atoms with van der Waals surface area (Å²) in [6.45, 7) is 0.892. The van der Waals surface area contributed by atoms with Crippen molar-refractivity contribution in [3.05, 3.63) is 0 Å². The summed E-state index contributed by atoms with van der Waals surface area (Å²) in [7, 11) is -2.20. The molecule has 2 rings (SSSR count). The monoisotopic (exact) mass is 306 g/mol. The van der Waals surface area contributed by atoms with Crippen LogP contribution in [0.15, 0.2) is 0 Å². The molecule has 0 bridgehead atoms. The highest BCUT2D eigenvalue weighted by Gasteiger charge is 2.44. The minimum atomic E-state index is -3.72. The topological polar surface area (TPSA) is 87.2 Å². The third-order valence-corrected chi connectivity index (χ3v) is 5.90. The van der Waals surface area contributed by atoms with Crippen LogP contribution < -0.4 is 0 Å². The lowest BCUT2D eigenvalue weighted by atomic mass is 10.1. The number of ether oxygens (including phenoxy) is 1. The molecule has 2 aliphatic rings. The fourth-order valence-electron chi connectivity index (χ4n) is 2.59. The fraction of sp³-hybridized carbons (Fsp3) is 0.917. The molecule has 0 aromatic heterocycles. The SMILES string of the molecule is COCCN(C1CC1)S(=O)(=O)N1CCCCC1C(=O)O. The first kappa shape index (κ1) is 15.7. The van der Waals surface area contributed by atoms with Gasteiger partial charge in [0.25, 0.3) is 10.2 Å². The van der Waals surface area contributed by atoms with E-state index in [1.807, 2.05) is 0 Å². The lowest BCUT2D eigenvalue weighted by molar-refractivity contribution is -0.142. The predicted molar refractivity (Wildman–Crippen MR) is 72.5 cm³/mol. The minimum Gasteiger partial charge on any atom is -0.480 e. The summed E-state index contributed by atoms with van der Waals surface area (Å²) < 4.78 is 33.0. The first-order chi connectivity index (χ1) is 9.48. The summed E-state index contributed by atoms with van der Waals surface area (Å²) in [5, 5.41) is 9.23. The van der Waals surface area contributed by atoms with E-state index < -0.39 is 22.2 Å². The van der Waals surface area contributed by atoms with Crippen molar-refractivity contribution in [1.29, 1.82) is 0 Å². The van der Waals surface area contributed by atoms with Gasteiger partial charge in [-0.05, 0) is 32.1 Å². The number of methoxy groups -OCH3 is 1. The maximum absolute atomic E-state index is 12.7. The van der Waals surface area contributed by atoms with Gasteiger partial charge in [0, 0.05) is 26.2 Å². The highest BCUT2D eigenvalue weighted by Crippen LogP contribution is 2.32. The van der Waals surface area contributed by atoms with E-state index in [9.17, 15) is 18.3 Å². The Morgan fingerprint density at radius 2 is 2.05 bits per heavy atom. The number of aliphatic carboxylic acids is 1. The molecule has 1 saturated heterocycles. The molecule has 1 aliphatic carbocycles. The van der Waals surface area contributed by atoms with E-state index in [1.165, 1.54) is 11.4 Å². The van der Waals surface area contributed by atoms with Crippen LogP contribution in [-0.2, 0) is 19.7 Å². The summed E-state index contributed by atoms with van der Waals surface area (Å²) in [5.41, 5.74) is 0. The summed E-state index contributed by atoms with van der Waals surface area (Å²) in [6, 6.07) is -0.927. The van der Waals surface area contributed by atoms with E-state index in [4.69, 9.17) is 4.74 Å². The van der Waals surface area contributed by atoms with Gasteiger partial charge < -0.3 is 9.84 Å². The number of hydrogen-bond donors (Lipinski definition) is 1. The van der Waals surface area contributed by atoms with Crippen LogP contribution in [-0.4, -0.2) is 67.0 Å². The largest absolute Gasteiger partial charge is 0.480 e. The number of hydrogen-bond acceptors (Lipinski definition) is 4. The second kappa shape index (κ2) is 6.38. The Labute approximate surface area is 119 Å². The number of carboxylic acid groups (broad SMARTS) is 1. The van der Waals surface area contributed by atoms with Crippen LogP contribution in [0, 0.1) is 0 Å². The average Bonchev–Trinajstić information content (AvgIpc) is 3.23. The van der Waals surface area contributed by atoms with Crippen LogP contribution in [0.3, 0.4) is 0 Å². The first-order valence-electron chi connectivity index (χ1n) is 6.99. The van der Waals surface area contributed by atoms with Crippen molar-refractivity contribution in [2.75, 3.05) is 26.8 Å². The molecule has 1 atom stereocenters. The van der Waals surface area contributed by atoms with Crippen molar-refractivity contribution in [3.63, 3.8) is 0 Å². The van der Waals surface area contributed by atoms with Gasteiger partial charge >= 0.3 is 5.97 Å². The van der Waals surface area contributed by atoms with E-state index in [0.717, 1.165) is 23.6 Å². The van der Waals surface area contributed by atoms with Crippen molar-refractivity contribution in [2.45, 2.75) is 44.2 Å². The zero-order chi connectivity index (χ0) is 14.8. The molecule has 0 spiro atoms. The Kier molecular flexibility index (Phi) is 5.00. The van der Waals surface area contributed by atoms with Crippen LogP contribution in [0.1, 0.15) is 32.1 Å². The Morgan fingerprint density at radius 1 is 1.35 bits per heavy atom. The zero-order valence-corrected chi connectivity index (χ0v) is 12.5. The van der Waals surface area contributed by atoms with Crippen molar-refractivity contribution >= 4 is 16.2 Å². The molecule has 8 heteroatoms. The second-order valence-corrected chi connectivity index (χ2v) is 7.14. The Morgan fingerprint density at radius 3 is 2.60 bits per heavy atom. The molecule has 1 aliphatic heterocycles. The molecule has 1 N–H and O–H groups in total. The van der Waals surface area contributed by atoms with Gasteiger partial charge in [0.15, 0.2) is 0 Å². The molecule has 1 saturated carbocycles. The van der Waals surface area contributed by atoms with E-state index in [1.54, 1.807) is 0 Å². The standard InChI is InChI=1S/C12H22N2O5S/c1-19-9-8-13(10-5-6-10)20(17,18)14-7-3-2-4-11(14)12(15)16/h10-11H,2-9H2,1H3,(H,15,16). The van der Waals surface area contributed by atoms with Gasteiger partial charge in [-0.1, -0.05) is 0 Å². The summed E-state index contributed by atoms with van der Waals surface area (Å²) in [4.78, 5) is 11.3. The molecule has 1 unspecified atom stereocenters. The molecule has 116 valence electrons. The molecule has 2 fully saturated rings. The van der Waals surface area contributed by atoms with Gasteiger partial charge in [0.1, 0.15) is 6.04 Å². The van der Waals surface area contributed by atoms with Crippen LogP contribution >= 0.6 is 0 Å². The third kappa shape index (κ3) is 3.30. The third-order valence-electron chi connectivity index (χ3n) is 3.80. The van der Waals surface area contributed by atoms with Gasteiger partial charge in [-0.15, -0.1) is 0 Å². The Bertz CT molecular complexity index is 449. The average molecular weight is 306 g/mol. The van der Waals surface area contributed by atoms with E-state index >= 15 is 0 Å². The Hall–Kier alpha value is -0.700. The zero-order valence-electron chi connectivity index (χ0n) is 11.7. The highest BCUT2D eigenvalue weighted by molar-refractivity contribution is 7.86. The van der Waals surface area contributed by atoms with Crippen LogP contribution in [0.25, 0.3) is 0 Å². The second-order valence-electron chi connectivity index (χ2n) is 5.30. The molecule has 0 aromatic carbocycles. The lowest BCUT2D eigenvalue weighted by Gasteiger charge is -2.36. The van der Waals surface area contributed by atoms with Crippen molar-refractivity contribution in [1.82, 2.24) is 8.61 Å². The van der Waals surface area contributed by atoms with Crippen molar-refractivity contribution in [2.24, 2.45) is 0 Å². The molecule has 0 amide bonds. The van der Waals surface area contributed by atoms with E-state index in [0.29, 0.717) is 19.4 Å². The predicted octanol–water partition coefficient (Wildman–Crippen LogP) is 0.281. The number of piperidine rings is 1. The number of nitrogens with zero attached hydrogens (tertiary/aromatic N) is 2. The number of rotatable bonds is 7. The van der Waals surface area contributed by atoms with E-state index in [-0.39, 0.29) is 19.1 Å². The van der Waals surface area contributed by atoms with Crippen LogP contribution in [0.2, 0.25) is 0 Å². The quantitative estimate of drug-likeness (QED) is 0.730. The van der Waals surface area contributed by atoms with Gasteiger partial charge in [0.2, 0.25) is 0 Å². The molecule has 20 heavy (non-hydrogen) atoms. The normalized spacial score (nSPS) is 25.0. The summed E-state index contributed by atoms with van der Waals surface area (Å²) in [6.07, 6.45) is 3.54. The highest BCUT2D eigenvalue weighted by atomic mass is 32.2. The number of carbonyl (C=O) groups is 1. The van der Waals surface area contributed by atoms with Crippen LogP contribution in [0.5, 0.6) is 0 Å². The lowest BCUT2D eigenvalue weighted by Crippen LogP contribution is -2.54. The smallest absolute Gasteiger partial charge is 0.322 e. The molecular weight excluding hydrogens is 284 g/mol. The maximum Gasteiger partial charge on any atom is 0.322 e. The molecule has 7 nitrogen and oxygen atoms in total. The summed E-state index contributed by atoms with van der Waals surface area (Å²) >= 11 is 0. The molecular formula is C12H22N2O5S. The van der Waals surface area contributed by atoms with E-state index in [2.05, 4.69) is 0 Å². The van der Waals surface area contributed by atoms with Gasteiger partial charge in [-0.2, -0.15) is 17.0 Å². The minimum absolute atomic E-state index is 0.00604. The first-order valence-corrected chi connectivity index (χ1v) is 8.38. The van der Waals surface area contributed by atoms with Crippen molar-refractivity contribution < 1.29 is 23.1 Å². The fourth-order valence-corrected chi connectivity index (χ4v) is 4.63. The van der Waals surface area contributed by atoms with Gasteiger partial charge in [0.05, 0.1) is 6.61 Å². The summed E-state index contributed by atoms with van der Waals surface area (Å²) in [5.74, 6) is -1.06. The molecule has 0 radical (unpaired) electrons. The molecule has 0 aromatic rings. The number of carboxylic acids is 1.